The third kappa shape index (κ3) is 6.02. The second-order valence-corrected chi connectivity index (χ2v) is 4.71. The summed E-state index contributed by atoms with van der Waals surface area (Å²) in [4.78, 5) is 8.38. The largest absolute Gasteiger partial charge is 0.223 e. The van der Waals surface area contributed by atoms with Gasteiger partial charge in [0.2, 0.25) is 5.28 Å². The summed E-state index contributed by atoms with van der Waals surface area (Å²) >= 11 is 5.91. The van der Waals surface area contributed by atoms with Crippen molar-refractivity contribution in [3.8, 4) is 11.8 Å². The summed E-state index contributed by atoms with van der Waals surface area (Å²) in [6.45, 7) is 4.35. The van der Waals surface area contributed by atoms with Crippen LogP contribution in [0.15, 0.2) is 6.07 Å². The Hall–Kier alpha value is -1.07. The molecule has 0 spiro atoms. The van der Waals surface area contributed by atoms with Crippen molar-refractivity contribution in [3.63, 3.8) is 0 Å². The van der Waals surface area contributed by atoms with Crippen molar-refractivity contribution in [1.82, 2.24) is 9.97 Å². The fourth-order valence-electron chi connectivity index (χ4n) is 1.63. The predicted molar refractivity (Wildman–Crippen MR) is 76.7 cm³/mol. The van der Waals surface area contributed by atoms with Crippen molar-refractivity contribution in [2.45, 2.75) is 58.8 Å². The standard InChI is InChI=1S/C15H21ClN2/c1-3-5-7-9-11-14-12-13(10-8-6-4-2)17-15(16)18-14/h12H,3-8,10H2,1-2H3. The second-order valence-electron chi connectivity index (χ2n) is 4.38. The van der Waals surface area contributed by atoms with E-state index in [1.54, 1.807) is 0 Å². The second kappa shape index (κ2) is 8.94. The quantitative estimate of drug-likeness (QED) is 0.432. The lowest BCUT2D eigenvalue weighted by atomic mass is 10.1. The molecule has 0 aromatic carbocycles. The fourth-order valence-corrected chi connectivity index (χ4v) is 1.83. The molecule has 3 heteroatoms. The summed E-state index contributed by atoms with van der Waals surface area (Å²) in [7, 11) is 0. The van der Waals surface area contributed by atoms with Crippen LogP contribution in [0, 0.1) is 11.8 Å². The van der Waals surface area contributed by atoms with E-state index in [4.69, 9.17) is 11.6 Å². The van der Waals surface area contributed by atoms with Gasteiger partial charge in [0.05, 0.1) is 0 Å². The van der Waals surface area contributed by atoms with Crippen molar-refractivity contribution < 1.29 is 0 Å². The lowest BCUT2D eigenvalue weighted by Gasteiger charge is -2.01. The zero-order valence-electron chi connectivity index (χ0n) is 11.3. The first kappa shape index (κ1) is 15.0. The topological polar surface area (TPSA) is 25.8 Å². The van der Waals surface area contributed by atoms with Crippen LogP contribution in [0.1, 0.15) is 63.8 Å². The van der Waals surface area contributed by atoms with Gasteiger partial charge in [0.25, 0.3) is 0 Å². The molecule has 0 bridgehead atoms. The molecule has 0 aliphatic heterocycles. The van der Waals surface area contributed by atoms with E-state index in [0.29, 0.717) is 5.28 Å². The minimum Gasteiger partial charge on any atom is -0.223 e. The van der Waals surface area contributed by atoms with Crippen LogP contribution < -0.4 is 0 Å². The Kier molecular flexibility index (Phi) is 7.44. The highest BCUT2D eigenvalue weighted by Gasteiger charge is 2.01. The highest BCUT2D eigenvalue weighted by molar-refractivity contribution is 6.28. The molecule has 0 saturated carbocycles. The first-order valence-electron chi connectivity index (χ1n) is 6.78. The van der Waals surface area contributed by atoms with Crippen LogP contribution in [0.4, 0.5) is 0 Å². The van der Waals surface area contributed by atoms with Crippen molar-refractivity contribution in [2.75, 3.05) is 0 Å². The van der Waals surface area contributed by atoms with Crippen LogP contribution in [0.2, 0.25) is 5.28 Å². The molecule has 0 amide bonds. The zero-order valence-corrected chi connectivity index (χ0v) is 12.1. The number of aryl methyl sites for hydroxylation is 1. The average molecular weight is 265 g/mol. The lowest BCUT2D eigenvalue weighted by Crippen LogP contribution is -1.96. The lowest BCUT2D eigenvalue weighted by molar-refractivity contribution is 0.705. The van der Waals surface area contributed by atoms with Gasteiger partial charge in [0.15, 0.2) is 0 Å². The Morgan fingerprint density at radius 1 is 1.11 bits per heavy atom. The van der Waals surface area contributed by atoms with Gasteiger partial charge in [0.1, 0.15) is 5.69 Å². The van der Waals surface area contributed by atoms with E-state index >= 15 is 0 Å². The maximum Gasteiger partial charge on any atom is 0.223 e. The molecule has 1 heterocycles. The molecule has 0 unspecified atom stereocenters. The summed E-state index contributed by atoms with van der Waals surface area (Å²) in [6, 6.07) is 1.96. The van der Waals surface area contributed by atoms with Crippen LogP contribution in [0.3, 0.4) is 0 Å². The summed E-state index contributed by atoms with van der Waals surface area (Å²) < 4.78 is 0. The summed E-state index contributed by atoms with van der Waals surface area (Å²) in [5.41, 5.74) is 1.75. The number of rotatable bonds is 6. The maximum atomic E-state index is 5.91. The highest BCUT2D eigenvalue weighted by atomic mass is 35.5. The molecule has 0 atom stereocenters. The smallest absolute Gasteiger partial charge is 0.223 e. The predicted octanol–water partition coefficient (Wildman–Crippen LogP) is 4.40. The van der Waals surface area contributed by atoms with E-state index < -0.39 is 0 Å². The number of halogens is 1. The van der Waals surface area contributed by atoms with Gasteiger partial charge in [-0.05, 0) is 42.9 Å². The molecular weight excluding hydrogens is 244 g/mol. The third-order valence-electron chi connectivity index (χ3n) is 2.66. The van der Waals surface area contributed by atoms with E-state index in [2.05, 4.69) is 35.7 Å². The van der Waals surface area contributed by atoms with Crippen molar-refractivity contribution in [1.29, 1.82) is 0 Å². The average Bonchev–Trinajstić information content (AvgIpc) is 2.34. The number of hydrogen-bond donors (Lipinski definition) is 0. The third-order valence-corrected chi connectivity index (χ3v) is 2.83. The zero-order chi connectivity index (χ0) is 13.2. The molecule has 18 heavy (non-hydrogen) atoms. The molecular formula is C15H21ClN2. The molecule has 0 saturated heterocycles. The van der Waals surface area contributed by atoms with Gasteiger partial charge in [-0.3, -0.25) is 0 Å². The molecule has 2 nitrogen and oxygen atoms in total. The van der Waals surface area contributed by atoms with Gasteiger partial charge in [-0.1, -0.05) is 39.0 Å². The summed E-state index contributed by atoms with van der Waals surface area (Å²) in [6.07, 6.45) is 7.76. The monoisotopic (exact) mass is 264 g/mol. The van der Waals surface area contributed by atoms with Crippen molar-refractivity contribution >= 4 is 11.6 Å². The molecule has 0 radical (unpaired) electrons. The molecule has 98 valence electrons. The first-order valence-corrected chi connectivity index (χ1v) is 7.16. The van der Waals surface area contributed by atoms with Gasteiger partial charge >= 0.3 is 0 Å². The Bertz CT molecular complexity index is 418. The molecule has 0 aliphatic carbocycles. The Morgan fingerprint density at radius 2 is 1.89 bits per heavy atom. The van der Waals surface area contributed by atoms with Crippen LogP contribution in [-0.4, -0.2) is 9.97 Å². The first-order chi connectivity index (χ1) is 8.76. The Labute approximate surface area is 115 Å². The SMILES string of the molecule is CCCCC#Cc1cc(CCCCC)nc(Cl)n1. The van der Waals surface area contributed by atoms with Crippen LogP contribution in [-0.2, 0) is 6.42 Å². The Balaban J connectivity index is 2.64. The van der Waals surface area contributed by atoms with Gasteiger partial charge in [0, 0.05) is 12.1 Å². The fraction of sp³-hybridized carbons (Fsp3) is 0.600. The molecule has 1 aromatic rings. The van der Waals surface area contributed by atoms with Gasteiger partial charge < -0.3 is 0 Å². The number of unbranched alkanes of at least 4 members (excludes halogenated alkanes) is 4. The summed E-state index contributed by atoms with van der Waals surface area (Å²) in [5.74, 6) is 6.19. The Morgan fingerprint density at radius 3 is 2.61 bits per heavy atom. The molecule has 1 rings (SSSR count). The van der Waals surface area contributed by atoms with Crippen LogP contribution >= 0.6 is 11.6 Å². The normalized spacial score (nSPS) is 9.94. The number of nitrogens with zero attached hydrogens (tertiary/aromatic N) is 2. The molecule has 0 fully saturated rings. The van der Waals surface area contributed by atoms with Crippen LogP contribution in [0.25, 0.3) is 0 Å². The van der Waals surface area contributed by atoms with E-state index in [0.717, 1.165) is 37.1 Å². The minimum atomic E-state index is 0.309. The number of aromatic nitrogens is 2. The highest BCUT2D eigenvalue weighted by Crippen LogP contribution is 2.09. The summed E-state index contributed by atoms with van der Waals surface area (Å²) in [5, 5.41) is 0.309. The van der Waals surface area contributed by atoms with E-state index in [9.17, 15) is 0 Å². The van der Waals surface area contributed by atoms with Crippen molar-refractivity contribution in [2.24, 2.45) is 0 Å². The van der Waals surface area contributed by atoms with Crippen molar-refractivity contribution in [3.05, 3.63) is 22.7 Å². The molecule has 0 N–H and O–H groups in total. The van der Waals surface area contributed by atoms with Gasteiger partial charge in [-0.25, -0.2) is 9.97 Å². The molecule has 0 aliphatic rings. The van der Waals surface area contributed by atoms with E-state index in [1.165, 1.54) is 19.3 Å². The van der Waals surface area contributed by atoms with E-state index in [-0.39, 0.29) is 0 Å². The molecule has 1 aromatic heterocycles. The van der Waals surface area contributed by atoms with Gasteiger partial charge in [-0.15, -0.1) is 0 Å². The van der Waals surface area contributed by atoms with Gasteiger partial charge in [-0.2, -0.15) is 0 Å². The number of hydrogen-bond acceptors (Lipinski definition) is 2. The minimum absolute atomic E-state index is 0.309. The van der Waals surface area contributed by atoms with E-state index in [1.807, 2.05) is 6.07 Å². The van der Waals surface area contributed by atoms with Crippen LogP contribution in [0.5, 0.6) is 0 Å². The maximum absolute atomic E-state index is 5.91.